The molecule has 291 valence electrons. The number of hydrogen-bond acceptors (Lipinski definition) is 5. The second kappa shape index (κ2) is 15.3. The van der Waals surface area contributed by atoms with Gasteiger partial charge in [0.15, 0.2) is 0 Å². The summed E-state index contributed by atoms with van der Waals surface area (Å²) in [5, 5.41) is 8.91. The van der Waals surface area contributed by atoms with E-state index in [4.69, 9.17) is 9.97 Å². The Morgan fingerprint density at radius 1 is 0.459 bits per heavy atom. The van der Waals surface area contributed by atoms with Crippen LogP contribution in [-0.4, -0.2) is 29.9 Å². The highest BCUT2D eigenvalue weighted by Crippen LogP contribution is 2.41. The highest BCUT2D eigenvalue weighted by molar-refractivity contribution is 7.24. The first-order valence-electron chi connectivity index (χ1n) is 20.5. The second-order valence-electron chi connectivity index (χ2n) is 15.7. The number of H-pyrrole nitrogens is 1. The average molecular weight is 804 g/mol. The van der Waals surface area contributed by atoms with E-state index in [-0.39, 0.29) is 0 Å². The van der Waals surface area contributed by atoms with Crippen LogP contribution in [0.2, 0.25) is 0 Å². The first-order chi connectivity index (χ1) is 29.9. The topological polar surface area (TPSA) is 72.3 Å². The van der Waals surface area contributed by atoms with E-state index in [9.17, 15) is 0 Å². The summed E-state index contributed by atoms with van der Waals surface area (Å²) in [7, 11) is 0. The normalized spacial score (nSPS) is 13.7. The van der Waals surface area contributed by atoms with Gasteiger partial charge in [0, 0.05) is 48.6 Å². The Morgan fingerprint density at radius 3 is 1.33 bits per heavy atom. The molecule has 0 atom stereocenters. The summed E-state index contributed by atoms with van der Waals surface area (Å²) in [6, 6.07) is 43.6. The van der Waals surface area contributed by atoms with Crippen LogP contribution in [0.4, 0.5) is 0 Å². The Labute approximate surface area is 359 Å². The number of hydrogen-bond donors (Lipinski definition) is 1. The van der Waals surface area contributed by atoms with Crippen LogP contribution in [0.15, 0.2) is 128 Å². The second-order valence-corrected chi connectivity index (χ2v) is 16.8. The monoisotopic (exact) mass is 803 g/mol. The van der Waals surface area contributed by atoms with Gasteiger partial charge in [0.1, 0.15) is 0 Å². The van der Waals surface area contributed by atoms with Gasteiger partial charge in [0.2, 0.25) is 0 Å². The predicted octanol–water partition coefficient (Wildman–Crippen LogP) is 13.3. The SMILES string of the molecule is Cc1ccc(-c2c3nc(c(-c4ccc(C)cc4)c4ccc(s4)c(-c4ccc(-n5cc([C]6[CH][CH][CH][CH]6)nn5)cc4)c4nc(c(-c5ccc(C)cc5)c5ccc2[nH]5)C=C4)C=C3)cc1. The van der Waals surface area contributed by atoms with Crippen LogP contribution >= 0.6 is 11.3 Å². The summed E-state index contributed by atoms with van der Waals surface area (Å²) in [6.45, 7) is 6.38. The van der Waals surface area contributed by atoms with Crippen LogP contribution in [0.3, 0.4) is 0 Å². The Morgan fingerprint density at radius 2 is 0.869 bits per heavy atom. The Hall–Kier alpha value is -6.96. The molecule has 3 aliphatic rings. The van der Waals surface area contributed by atoms with Crippen LogP contribution in [0.25, 0.3) is 94.9 Å². The van der Waals surface area contributed by atoms with Crippen molar-refractivity contribution in [2.45, 2.75) is 20.8 Å². The van der Waals surface area contributed by atoms with Crippen molar-refractivity contribution in [3.63, 3.8) is 0 Å². The van der Waals surface area contributed by atoms with Crippen molar-refractivity contribution in [1.82, 2.24) is 29.9 Å². The van der Waals surface area contributed by atoms with E-state index in [0.29, 0.717) is 0 Å². The number of thiophene rings is 1. The maximum Gasteiger partial charge on any atom is 0.0909 e. The van der Waals surface area contributed by atoms with Crippen molar-refractivity contribution >= 4 is 56.1 Å². The molecule has 8 aromatic rings. The molecule has 4 aromatic carbocycles. The fourth-order valence-corrected chi connectivity index (χ4v) is 9.46. The molecular formula is C54H39N6S. The number of aryl methyl sites for hydroxylation is 3. The lowest BCUT2D eigenvalue weighted by Gasteiger charge is -2.08. The van der Waals surface area contributed by atoms with Crippen LogP contribution in [0.5, 0.6) is 0 Å². The molecule has 0 spiro atoms. The van der Waals surface area contributed by atoms with Crippen LogP contribution in [-0.2, 0) is 0 Å². The molecule has 61 heavy (non-hydrogen) atoms. The first kappa shape index (κ1) is 37.1. The zero-order valence-corrected chi connectivity index (χ0v) is 34.7. The van der Waals surface area contributed by atoms with Gasteiger partial charge in [-0.05, 0) is 129 Å². The molecule has 0 amide bonds. The number of benzene rings is 4. The van der Waals surface area contributed by atoms with Gasteiger partial charge < -0.3 is 4.98 Å². The summed E-state index contributed by atoms with van der Waals surface area (Å²) in [6.07, 6.45) is 18.8. The van der Waals surface area contributed by atoms with Crippen LogP contribution < -0.4 is 0 Å². The summed E-state index contributed by atoms with van der Waals surface area (Å²) >= 11 is 1.77. The molecule has 4 aromatic heterocycles. The van der Waals surface area contributed by atoms with E-state index >= 15 is 0 Å². The maximum atomic E-state index is 5.50. The third-order valence-electron chi connectivity index (χ3n) is 11.5. The zero-order chi connectivity index (χ0) is 41.0. The van der Waals surface area contributed by atoms with E-state index in [1.54, 1.807) is 11.3 Å². The summed E-state index contributed by atoms with van der Waals surface area (Å²) in [5.74, 6) is 1.05. The van der Waals surface area contributed by atoms with Crippen LogP contribution in [0, 0.1) is 52.4 Å². The number of nitrogens with zero attached hydrogens (tertiary/aromatic N) is 5. The number of aromatic nitrogens is 6. The smallest absolute Gasteiger partial charge is 0.0909 e. The van der Waals surface area contributed by atoms with Crippen molar-refractivity contribution < 1.29 is 0 Å². The predicted molar refractivity (Wildman–Crippen MR) is 253 cm³/mol. The van der Waals surface area contributed by atoms with Crippen molar-refractivity contribution in [2.24, 2.45) is 0 Å². The summed E-state index contributed by atoms with van der Waals surface area (Å²) in [4.78, 5) is 14.8. The fraction of sp³-hybridized carbons (Fsp3) is 0.0556. The molecule has 7 heteroatoms. The lowest BCUT2D eigenvalue weighted by Crippen LogP contribution is -1.95. The molecule has 2 aliphatic heterocycles. The largest absolute Gasteiger partial charge is 0.354 e. The number of nitrogens with one attached hydrogen (secondary N) is 1. The van der Waals surface area contributed by atoms with Crippen molar-refractivity contribution in [3.8, 4) is 50.2 Å². The molecule has 6 nitrogen and oxygen atoms in total. The van der Waals surface area contributed by atoms with Gasteiger partial charge in [-0.2, -0.15) is 0 Å². The van der Waals surface area contributed by atoms with E-state index in [1.807, 2.05) is 36.6 Å². The molecule has 1 fully saturated rings. The molecule has 5 radical (unpaired) electrons. The third-order valence-corrected chi connectivity index (χ3v) is 12.6. The quantitative estimate of drug-likeness (QED) is 0.182. The molecule has 6 heterocycles. The fourth-order valence-electron chi connectivity index (χ4n) is 8.30. The maximum absolute atomic E-state index is 5.50. The lowest BCUT2D eigenvalue weighted by molar-refractivity contribution is 0.800. The summed E-state index contributed by atoms with van der Waals surface area (Å²) < 4.78 is 4.07. The van der Waals surface area contributed by atoms with Gasteiger partial charge in [-0.15, -0.1) is 16.4 Å². The van der Waals surface area contributed by atoms with Crippen molar-refractivity contribution in [2.75, 3.05) is 0 Å². The molecular weight excluding hydrogens is 765 g/mol. The van der Waals surface area contributed by atoms with Gasteiger partial charge in [0.25, 0.3) is 0 Å². The van der Waals surface area contributed by atoms with Crippen molar-refractivity contribution in [1.29, 1.82) is 0 Å². The number of rotatable bonds is 6. The molecule has 1 N–H and O–H groups in total. The first-order valence-corrected chi connectivity index (χ1v) is 21.3. The number of aromatic amines is 1. The number of fused-ring (bicyclic) bond motifs is 8. The highest BCUT2D eigenvalue weighted by Gasteiger charge is 2.23. The minimum absolute atomic E-state index is 0.840. The van der Waals surface area contributed by atoms with E-state index in [1.165, 1.54) is 16.7 Å². The van der Waals surface area contributed by atoms with Gasteiger partial charge in [-0.1, -0.05) is 107 Å². The van der Waals surface area contributed by atoms with Gasteiger partial charge in [-0.3, -0.25) is 0 Å². The van der Waals surface area contributed by atoms with E-state index < -0.39 is 0 Å². The molecule has 8 bridgehead atoms. The molecule has 0 unspecified atom stereocenters. The third kappa shape index (κ3) is 6.95. The minimum atomic E-state index is 0.840. The highest BCUT2D eigenvalue weighted by atomic mass is 32.1. The average Bonchev–Trinajstić information content (AvgIpc) is 4.13. The zero-order valence-electron chi connectivity index (χ0n) is 33.9. The van der Waals surface area contributed by atoms with Crippen LogP contribution in [0.1, 0.15) is 45.2 Å². The van der Waals surface area contributed by atoms with Gasteiger partial charge in [0.05, 0.1) is 40.4 Å². The molecule has 1 aliphatic carbocycles. The van der Waals surface area contributed by atoms with Gasteiger partial charge >= 0.3 is 0 Å². The Kier molecular flexibility index (Phi) is 9.27. The summed E-state index contributed by atoms with van der Waals surface area (Å²) in [5.41, 5.74) is 19.6. The van der Waals surface area contributed by atoms with Gasteiger partial charge in [-0.25, -0.2) is 14.6 Å². The molecule has 11 rings (SSSR count). The standard InChI is InChI=1S/C54H39N6S/c1-33-8-14-37(15-9-33)51-42-24-25-43(55-42)52(38-16-10-34(2)11-17-38)45-27-29-47(57-45)54(40-20-22-41(23-21-40)60-32-48(58-59-60)36-6-4-5-7-36)50-31-30-49(61-50)53(46-28-26-44(51)56-46)39-18-12-35(3)13-19-39/h4-32,55H,1-3H3. The minimum Gasteiger partial charge on any atom is -0.354 e. The Bertz CT molecular complexity index is 3150. The molecule has 1 saturated carbocycles. The van der Waals surface area contributed by atoms with E-state index in [0.717, 1.165) is 105 Å². The lowest BCUT2D eigenvalue weighted by atomic mass is 10.0. The Balaban J connectivity index is 1.20. The van der Waals surface area contributed by atoms with E-state index in [2.05, 4.69) is 182 Å². The van der Waals surface area contributed by atoms with Crippen molar-refractivity contribution in [3.05, 3.63) is 204 Å². The molecule has 0 saturated heterocycles.